The summed E-state index contributed by atoms with van der Waals surface area (Å²) in [5.74, 6) is 0.594. The van der Waals surface area contributed by atoms with E-state index in [-0.39, 0.29) is 5.75 Å². The van der Waals surface area contributed by atoms with Crippen LogP contribution in [-0.4, -0.2) is 43.7 Å². The zero-order chi connectivity index (χ0) is 15.3. The highest BCUT2D eigenvalue weighted by atomic mass is 35.5. The largest absolute Gasteiger partial charge is 0.299 e. The Morgan fingerprint density at radius 1 is 1.48 bits per heavy atom. The molecule has 0 unspecified atom stereocenters. The van der Waals surface area contributed by atoms with Crippen LogP contribution in [0.1, 0.15) is 25.3 Å². The molecule has 0 radical (unpaired) electrons. The van der Waals surface area contributed by atoms with Crippen LogP contribution in [-0.2, 0) is 16.6 Å². The minimum atomic E-state index is -3.09. The Morgan fingerprint density at radius 2 is 2.29 bits per heavy atom. The maximum absolute atomic E-state index is 11.6. The van der Waals surface area contributed by atoms with Crippen LogP contribution in [0.5, 0.6) is 0 Å². The summed E-state index contributed by atoms with van der Waals surface area (Å²) in [6, 6.07) is 3.77. The lowest BCUT2D eigenvalue weighted by molar-refractivity contribution is 0.316. The summed E-state index contributed by atoms with van der Waals surface area (Å²) in [6.07, 6.45) is 3.46. The van der Waals surface area contributed by atoms with E-state index < -0.39 is 10.0 Å². The number of sulfonamides is 1. The van der Waals surface area contributed by atoms with Crippen LogP contribution in [0.15, 0.2) is 18.3 Å². The van der Waals surface area contributed by atoms with E-state index in [1.807, 2.05) is 13.0 Å². The first-order valence-electron chi connectivity index (χ1n) is 7.28. The minimum absolute atomic E-state index is 0.208. The number of nitrogens with one attached hydrogen (secondary N) is 1. The smallest absolute Gasteiger partial charge is 0.211 e. The lowest BCUT2D eigenvalue weighted by atomic mass is 10.1. The second-order valence-corrected chi connectivity index (χ2v) is 7.86. The van der Waals surface area contributed by atoms with Gasteiger partial charge in [0.05, 0.1) is 5.75 Å². The average molecular weight is 332 g/mol. The van der Waals surface area contributed by atoms with Gasteiger partial charge in [-0.3, -0.25) is 4.90 Å². The molecular formula is C14H22ClN3O2S. The fourth-order valence-corrected chi connectivity index (χ4v) is 3.85. The van der Waals surface area contributed by atoms with Crippen molar-refractivity contribution >= 4 is 21.6 Å². The highest BCUT2D eigenvalue weighted by Gasteiger charge is 2.23. The molecule has 2 rings (SSSR count). The molecule has 1 atom stereocenters. The van der Waals surface area contributed by atoms with E-state index in [9.17, 15) is 8.42 Å². The molecule has 1 N–H and O–H groups in total. The van der Waals surface area contributed by atoms with E-state index in [1.54, 1.807) is 12.3 Å². The molecular weight excluding hydrogens is 310 g/mol. The van der Waals surface area contributed by atoms with Gasteiger partial charge in [-0.1, -0.05) is 24.6 Å². The summed E-state index contributed by atoms with van der Waals surface area (Å²) < 4.78 is 26.0. The summed E-state index contributed by atoms with van der Waals surface area (Å²) in [5.41, 5.74) is 1.13. The highest BCUT2D eigenvalue weighted by Crippen LogP contribution is 2.18. The summed E-state index contributed by atoms with van der Waals surface area (Å²) in [6.45, 7) is 5.15. The van der Waals surface area contributed by atoms with Gasteiger partial charge in [0.15, 0.2) is 0 Å². The maximum Gasteiger partial charge on any atom is 0.211 e. The van der Waals surface area contributed by atoms with Gasteiger partial charge in [-0.05, 0) is 36.9 Å². The Labute approximate surface area is 131 Å². The number of pyridine rings is 1. The number of likely N-dealkylation sites (tertiary alicyclic amines) is 1. The quantitative estimate of drug-likeness (QED) is 0.775. The summed E-state index contributed by atoms with van der Waals surface area (Å²) in [7, 11) is -3.09. The van der Waals surface area contributed by atoms with Crippen LogP contribution in [0.25, 0.3) is 0 Å². The fraction of sp³-hybridized carbons (Fsp3) is 0.643. The van der Waals surface area contributed by atoms with Gasteiger partial charge in [0, 0.05) is 25.8 Å². The van der Waals surface area contributed by atoms with E-state index in [0.29, 0.717) is 24.0 Å². The van der Waals surface area contributed by atoms with Crippen molar-refractivity contribution in [2.24, 2.45) is 5.92 Å². The number of hydrogen-bond donors (Lipinski definition) is 1. The van der Waals surface area contributed by atoms with Gasteiger partial charge < -0.3 is 0 Å². The third-order valence-corrected chi connectivity index (χ3v) is 5.41. The van der Waals surface area contributed by atoms with Crippen molar-refractivity contribution in [1.29, 1.82) is 0 Å². The monoisotopic (exact) mass is 331 g/mol. The Bertz CT molecular complexity index is 548. The van der Waals surface area contributed by atoms with Gasteiger partial charge in [-0.2, -0.15) is 0 Å². The zero-order valence-electron chi connectivity index (χ0n) is 12.3. The number of rotatable bonds is 7. The molecule has 7 heteroatoms. The first kappa shape index (κ1) is 16.7. The van der Waals surface area contributed by atoms with Gasteiger partial charge in [-0.15, -0.1) is 0 Å². The van der Waals surface area contributed by atoms with E-state index in [1.165, 1.54) is 0 Å². The summed E-state index contributed by atoms with van der Waals surface area (Å²) >= 11 is 5.77. The van der Waals surface area contributed by atoms with Crippen LogP contribution < -0.4 is 4.72 Å². The van der Waals surface area contributed by atoms with Crippen molar-refractivity contribution < 1.29 is 8.42 Å². The molecule has 0 saturated carbocycles. The second kappa shape index (κ2) is 7.54. The molecule has 118 valence electrons. The van der Waals surface area contributed by atoms with Gasteiger partial charge >= 0.3 is 0 Å². The Balaban J connectivity index is 1.77. The van der Waals surface area contributed by atoms with E-state index >= 15 is 0 Å². The Kier molecular flexibility index (Phi) is 5.98. The molecule has 1 aliphatic heterocycles. The van der Waals surface area contributed by atoms with Crippen LogP contribution >= 0.6 is 11.6 Å². The van der Waals surface area contributed by atoms with Crippen LogP contribution in [0.3, 0.4) is 0 Å². The molecule has 1 aromatic rings. The highest BCUT2D eigenvalue weighted by molar-refractivity contribution is 7.89. The Hall–Kier alpha value is -0.690. The molecule has 0 bridgehead atoms. The first-order chi connectivity index (χ1) is 9.98. The van der Waals surface area contributed by atoms with Gasteiger partial charge in [0.2, 0.25) is 10.0 Å². The predicted octanol–water partition coefficient (Wildman–Crippen LogP) is 1.89. The van der Waals surface area contributed by atoms with Crippen LogP contribution in [0.4, 0.5) is 0 Å². The standard InChI is InChI=1S/C14H22ClN3O2S/c1-2-7-21(19,20)17-9-13-5-6-18(11-13)10-12-3-4-14(15)16-8-12/h3-4,8,13,17H,2,5-7,9-11H2,1H3/t13-/m0/s1. The molecule has 21 heavy (non-hydrogen) atoms. The number of hydrogen-bond acceptors (Lipinski definition) is 4. The van der Waals surface area contributed by atoms with Crippen LogP contribution in [0.2, 0.25) is 5.15 Å². The molecule has 1 aliphatic rings. The van der Waals surface area contributed by atoms with E-state index in [4.69, 9.17) is 11.6 Å². The minimum Gasteiger partial charge on any atom is -0.299 e. The molecule has 5 nitrogen and oxygen atoms in total. The number of aromatic nitrogens is 1. The Morgan fingerprint density at radius 3 is 2.95 bits per heavy atom. The molecule has 0 aliphatic carbocycles. The topological polar surface area (TPSA) is 62.3 Å². The predicted molar refractivity (Wildman–Crippen MR) is 84.7 cm³/mol. The molecule has 1 saturated heterocycles. The zero-order valence-corrected chi connectivity index (χ0v) is 13.8. The van der Waals surface area contributed by atoms with E-state index in [2.05, 4.69) is 14.6 Å². The van der Waals surface area contributed by atoms with E-state index in [0.717, 1.165) is 31.6 Å². The molecule has 0 aromatic carbocycles. The fourth-order valence-electron chi connectivity index (χ4n) is 2.57. The molecule has 1 aromatic heterocycles. The normalized spacial score (nSPS) is 20.0. The number of halogens is 1. The molecule has 1 fully saturated rings. The maximum atomic E-state index is 11.6. The summed E-state index contributed by atoms with van der Waals surface area (Å²) in [5, 5.41) is 0.503. The van der Waals surface area contributed by atoms with Crippen molar-refractivity contribution in [2.75, 3.05) is 25.4 Å². The van der Waals surface area contributed by atoms with Crippen molar-refractivity contribution in [3.63, 3.8) is 0 Å². The summed E-state index contributed by atoms with van der Waals surface area (Å²) in [4.78, 5) is 6.40. The van der Waals surface area contributed by atoms with Crippen molar-refractivity contribution in [3.8, 4) is 0 Å². The molecule has 0 amide bonds. The van der Waals surface area contributed by atoms with Crippen molar-refractivity contribution in [1.82, 2.24) is 14.6 Å². The van der Waals surface area contributed by atoms with Crippen molar-refractivity contribution in [3.05, 3.63) is 29.0 Å². The molecule has 0 spiro atoms. The third-order valence-electron chi connectivity index (χ3n) is 3.63. The molecule has 2 heterocycles. The van der Waals surface area contributed by atoms with Crippen molar-refractivity contribution in [2.45, 2.75) is 26.3 Å². The third kappa shape index (κ3) is 5.54. The lowest BCUT2D eigenvalue weighted by Gasteiger charge is -2.16. The van der Waals surface area contributed by atoms with Gasteiger partial charge in [0.1, 0.15) is 5.15 Å². The second-order valence-electron chi connectivity index (χ2n) is 5.55. The van der Waals surface area contributed by atoms with Crippen LogP contribution in [0, 0.1) is 5.92 Å². The number of nitrogens with zero attached hydrogens (tertiary/aromatic N) is 2. The SMILES string of the molecule is CCCS(=O)(=O)NC[C@@H]1CCN(Cc2ccc(Cl)nc2)C1. The van der Waals surface area contributed by atoms with Gasteiger partial charge in [-0.25, -0.2) is 18.1 Å². The first-order valence-corrected chi connectivity index (χ1v) is 9.31. The lowest BCUT2D eigenvalue weighted by Crippen LogP contribution is -2.32. The van der Waals surface area contributed by atoms with Gasteiger partial charge in [0.25, 0.3) is 0 Å². The average Bonchev–Trinajstić information content (AvgIpc) is 2.87.